The number of phenols is 1. The van der Waals surface area contributed by atoms with Gasteiger partial charge in [-0.2, -0.15) is 0 Å². The van der Waals surface area contributed by atoms with Gasteiger partial charge in [0.05, 0.1) is 22.7 Å². The van der Waals surface area contributed by atoms with Crippen molar-refractivity contribution in [3.8, 4) is 5.75 Å². The first-order valence-electron chi connectivity index (χ1n) is 6.03. The lowest BCUT2D eigenvalue weighted by molar-refractivity contribution is -0.117. The van der Waals surface area contributed by atoms with Crippen molar-refractivity contribution >= 4 is 21.4 Å². The molecule has 7 nitrogen and oxygen atoms in total. The van der Waals surface area contributed by atoms with E-state index in [0.717, 1.165) is 6.26 Å². The van der Waals surface area contributed by atoms with Gasteiger partial charge in [0.25, 0.3) is 0 Å². The van der Waals surface area contributed by atoms with E-state index in [1.165, 1.54) is 18.2 Å². The van der Waals surface area contributed by atoms with Gasteiger partial charge in [0.1, 0.15) is 5.75 Å². The molecule has 0 aliphatic carbocycles. The van der Waals surface area contributed by atoms with E-state index in [9.17, 15) is 23.4 Å². The van der Waals surface area contributed by atoms with Gasteiger partial charge in [-0.25, -0.2) is 8.42 Å². The van der Waals surface area contributed by atoms with E-state index in [0.29, 0.717) is 6.54 Å². The molecule has 1 saturated heterocycles. The Balaban J connectivity index is 2.18. The van der Waals surface area contributed by atoms with Gasteiger partial charge in [-0.15, -0.1) is 0 Å². The lowest BCUT2D eigenvalue weighted by Gasteiger charge is -2.13. The van der Waals surface area contributed by atoms with E-state index in [2.05, 4.69) is 10.6 Å². The first kappa shape index (κ1) is 14.8. The summed E-state index contributed by atoms with van der Waals surface area (Å²) in [7, 11) is -3.42. The quantitative estimate of drug-likeness (QED) is 0.557. The van der Waals surface area contributed by atoms with Gasteiger partial charge in [-0.3, -0.25) is 4.79 Å². The third-order valence-corrected chi connectivity index (χ3v) is 4.19. The van der Waals surface area contributed by atoms with Crippen molar-refractivity contribution in [2.45, 2.75) is 23.5 Å². The third-order valence-electron chi connectivity index (χ3n) is 3.08. The molecular weight excluding hydrogens is 284 g/mol. The Hall–Kier alpha value is -1.64. The minimum atomic E-state index is -3.42. The zero-order valence-corrected chi connectivity index (χ0v) is 11.6. The first-order valence-corrected chi connectivity index (χ1v) is 7.92. The van der Waals surface area contributed by atoms with E-state index in [1.54, 1.807) is 0 Å². The molecule has 1 fully saturated rings. The summed E-state index contributed by atoms with van der Waals surface area (Å²) >= 11 is 0. The van der Waals surface area contributed by atoms with Crippen molar-refractivity contribution < 1.29 is 23.4 Å². The van der Waals surface area contributed by atoms with Crippen LogP contribution in [-0.2, 0) is 14.6 Å². The maximum Gasteiger partial charge on any atom is 0.241 e. The average Bonchev–Trinajstić information content (AvgIpc) is 2.77. The number of β-amino-alcohol motifs (C(OH)–C–C–N with tert-alkyl or cyclic N) is 1. The van der Waals surface area contributed by atoms with Crippen LogP contribution in [0, 0.1) is 0 Å². The highest BCUT2D eigenvalue weighted by atomic mass is 32.2. The minimum Gasteiger partial charge on any atom is -0.506 e. The molecule has 20 heavy (non-hydrogen) atoms. The second-order valence-electron chi connectivity index (χ2n) is 4.79. The maximum atomic E-state index is 11.9. The molecule has 2 unspecified atom stereocenters. The molecule has 1 heterocycles. The van der Waals surface area contributed by atoms with E-state index in [1.807, 2.05) is 0 Å². The summed E-state index contributed by atoms with van der Waals surface area (Å²) in [5.41, 5.74) is 0.0288. The Kier molecular flexibility index (Phi) is 3.98. The van der Waals surface area contributed by atoms with Crippen LogP contribution in [0.2, 0.25) is 0 Å². The lowest BCUT2D eigenvalue weighted by Crippen LogP contribution is -2.35. The van der Waals surface area contributed by atoms with Gasteiger partial charge in [-0.1, -0.05) is 0 Å². The van der Waals surface area contributed by atoms with Gasteiger partial charge in [0.2, 0.25) is 5.91 Å². The highest BCUT2D eigenvalue weighted by Gasteiger charge is 2.28. The molecule has 4 N–H and O–H groups in total. The summed E-state index contributed by atoms with van der Waals surface area (Å²) in [5.74, 6) is -0.646. The van der Waals surface area contributed by atoms with Gasteiger partial charge < -0.3 is 20.8 Å². The Morgan fingerprint density at radius 3 is 2.70 bits per heavy atom. The van der Waals surface area contributed by atoms with Crippen molar-refractivity contribution in [2.24, 2.45) is 0 Å². The molecule has 2 atom stereocenters. The molecule has 1 amide bonds. The number of hydrogen-bond acceptors (Lipinski definition) is 6. The average molecular weight is 300 g/mol. The van der Waals surface area contributed by atoms with Crippen LogP contribution >= 0.6 is 0 Å². The van der Waals surface area contributed by atoms with E-state index < -0.39 is 27.9 Å². The molecule has 8 heteroatoms. The number of aliphatic hydroxyl groups excluding tert-OH is 1. The molecule has 0 spiro atoms. The number of phenolic OH excluding ortho intramolecular Hbond substituents is 1. The number of hydrogen-bond donors (Lipinski definition) is 4. The van der Waals surface area contributed by atoms with Crippen LogP contribution in [0.15, 0.2) is 23.1 Å². The molecule has 0 saturated carbocycles. The predicted octanol–water partition coefficient (Wildman–Crippen LogP) is -0.543. The molecular formula is C12H16N2O5S. The predicted molar refractivity (Wildman–Crippen MR) is 72.3 cm³/mol. The Morgan fingerprint density at radius 2 is 2.15 bits per heavy atom. The number of rotatable bonds is 3. The highest BCUT2D eigenvalue weighted by Crippen LogP contribution is 2.26. The minimum absolute atomic E-state index is 0.00464. The van der Waals surface area contributed by atoms with Crippen LogP contribution in [0.1, 0.15) is 6.42 Å². The smallest absolute Gasteiger partial charge is 0.241 e. The fraction of sp³-hybridized carbons (Fsp3) is 0.417. The number of amides is 1. The number of carbonyl (C=O) groups is 1. The zero-order chi connectivity index (χ0) is 14.9. The van der Waals surface area contributed by atoms with Gasteiger partial charge in [0, 0.05) is 12.8 Å². The number of sulfone groups is 1. The van der Waals surface area contributed by atoms with Crippen LogP contribution in [0.5, 0.6) is 5.75 Å². The number of anilines is 1. The van der Waals surface area contributed by atoms with Crippen molar-refractivity contribution in [3.63, 3.8) is 0 Å². The molecule has 110 valence electrons. The fourth-order valence-electron chi connectivity index (χ4n) is 1.98. The molecule has 1 aliphatic rings. The first-order chi connectivity index (χ1) is 9.27. The van der Waals surface area contributed by atoms with Gasteiger partial charge in [-0.05, 0) is 24.6 Å². The van der Waals surface area contributed by atoms with Crippen molar-refractivity contribution in [3.05, 3.63) is 18.2 Å². The van der Waals surface area contributed by atoms with Gasteiger partial charge >= 0.3 is 0 Å². The van der Waals surface area contributed by atoms with E-state index in [4.69, 9.17) is 0 Å². The molecule has 1 aliphatic heterocycles. The van der Waals surface area contributed by atoms with Crippen LogP contribution in [0.3, 0.4) is 0 Å². The van der Waals surface area contributed by atoms with E-state index in [-0.39, 0.29) is 22.8 Å². The van der Waals surface area contributed by atoms with E-state index >= 15 is 0 Å². The highest BCUT2D eigenvalue weighted by molar-refractivity contribution is 7.90. The largest absolute Gasteiger partial charge is 0.506 e. The summed E-state index contributed by atoms with van der Waals surface area (Å²) in [4.78, 5) is 11.9. The lowest BCUT2D eigenvalue weighted by atomic mass is 10.2. The zero-order valence-electron chi connectivity index (χ0n) is 10.8. The number of aromatic hydroxyl groups is 1. The summed E-state index contributed by atoms with van der Waals surface area (Å²) in [6, 6.07) is 3.11. The molecule has 2 rings (SSSR count). The molecule has 0 aromatic heterocycles. The molecule has 0 bridgehead atoms. The van der Waals surface area contributed by atoms with Crippen LogP contribution in [0.4, 0.5) is 5.69 Å². The standard InChI is InChI=1S/C12H16N2O5S/c1-20(18,19)8-2-3-11(16)9(5-8)14-12(17)10-4-7(15)6-13-10/h2-3,5,7,10,13,15-16H,4,6H2,1H3,(H,14,17). The van der Waals surface area contributed by atoms with Crippen LogP contribution in [-0.4, -0.2) is 49.5 Å². The second-order valence-corrected chi connectivity index (χ2v) is 6.81. The molecule has 1 aromatic rings. The van der Waals surface area contributed by atoms with Crippen LogP contribution in [0.25, 0.3) is 0 Å². The number of nitrogens with one attached hydrogen (secondary N) is 2. The number of aliphatic hydroxyl groups is 1. The fourth-order valence-corrected chi connectivity index (χ4v) is 2.63. The maximum absolute atomic E-state index is 11.9. The van der Waals surface area contributed by atoms with Crippen molar-refractivity contribution in [2.75, 3.05) is 18.1 Å². The van der Waals surface area contributed by atoms with Crippen molar-refractivity contribution in [1.82, 2.24) is 5.32 Å². The number of benzene rings is 1. The SMILES string of the molecule is CS(=O)(=O)c1ccc(O)c(NC(=O)C2CC(O)CN2)c1. The summed E-state index contributed by atoms with van der Waals surface area (Å²) in [5, 5.41) is 24.3. The van der Waals surface area contributed by atoms with Crippen molar-refractivity contribution in [1.29, 1.82) is 0 Å². The Morgan fingerprint density at radius 1 is 1.45 bits per heavy atom. The Labute approximate surface area is 116 Å². The monoisotopic (exact) mass is 300 g/mol. The van der Waals surface area contributed by atoms with Crippen LogP contribution < -0.4 is 10.6 Å². The van der Waals surface area contributed by atoms with Gasteiger partial charge in [0.15, 0.2) is 9.84 Å². The summed E-state index contributed by atoms with van der Waals surface area (Å²) in [6.45, 7) is 0.327. The Bertz CT molecular complexity index is 629. The molecule has 0 radical (unpaired) electrons. The molecule has 1 aromatic carbocycles. The third kappa shape index (κ3) is 3.27. The number of carbonyl (C=O) groups excluding carboxylic acids is 1. The summed E-state index contributed by atoms with van der Waals surface area (Å²) < 4.78 is 22.9. The normalized spacial score (nSPS) is 22.7. The topological polar surface area (TPSA) is 116 Å². The second kappa shape index (κ2) is 5.39. The summed E-state index contributed by atoms with van der Waals surface area (Å²) in [6.07, 6.45) is 0.736.